The minimum Gasteiger partial charge on any atom is -0.380 e. The van der Waals surface area contributed by atoms with Crippen molar-refractivity contribution in [1.82, 2.24) is 0 Å². The number of aliphatic hydroxyl groups is 1. The number of ether oxygens (including phenoxy) is 1. The topological polar surface area (TPSA) is 103 Å². The summed E-state index contributed by atoms with van der Waals surface area (Å²) in [6.07, 6.45) is -2.93. The maximum Gasteiger partial charge on any atom is 0.259 e. The fourth-order valence-electron chi connectivity index (χ4n) is 2.69. The van der Waals surface area contributed by atoms with Crippen LogP contribution in [0.5, 0.6) is 0 Å². The van der Waals surface area contributed by atoms with Gasteiger partial charge >= 0.3 is 0 Å². The average molecular weight is 477 g/mol. The van der Waals surface area contributed by atoms with Crippen molar-refractivity contribution < 1.29 is 19.4 Å². The number of carbonyl (C=O) groups is 2. The van der Waals surface area contributed by atoms with E-state index in [1.807, 2.05) is 30.3 Å². The Balaban J connectivity index is 1.70. The Hall–Kier alpha value is -2.48. The molecule has 0 saturated carbocycles. The Bertz CT molecular complexity index is 877. The summed E-state index contributed by atoms with van der Waals surface area (Å²) < 4.78 is 6.41. The fourth-order valence-corrected chi connectivity index (χ4v) is 3.05. The molecule has 1 aliphatic heterocycles. The summed E-state index contributed by atoms with van der Waals surface area (Å²) in [4.78, 5) is 26.5. The molecule has 7 nitrogen and oxygen atoms in total. The smallest absolute Gasteiger partial charge is 0.259 e. The van der Waals surface area contributed by atoms with Crippen LogP contribution in [-0.2, 0) is 14.3 Å². The fraction of sp³-hybridized carbons (Fsp3) is 0.211. The summed E-state index contributed by atoms with van der Waals surface area (Å²) in [6.45, 7) is 0.559. The Labute approximate surface area is 169 Å². The molecule has 1 unspecified atom stereocenters. The highest BCUT2D eigenvalue weighted by molar-refractivity contribution is 14.1. The van der Waals surface area contributed by atoms with Gasteiger partial charge in [0, 0.05) is 21.5 Å². The zero-order valence-electron chi connectivity index (χ0n) is 14.1. The Morgan fingerprint density at radius 1 is 1.26 bits per heavy atom. The van der Waals surface area contributed by atoms with E-state index in [1.165, 1.54) is 4.90 Å². The molecule has 0 radical (unpaired) electrons. The van der Waals surface area contributed by atoms with E-state index in [4.69, 9.17) is 10.00 Å². The molecule has 27 heavy (non-hydrogen) atoms. The van der Waals surface area contributed by atoms with Crippen LogP contribution in [0.4, 0.5) is 11.4 Å². The van der Waals surface area contributed by atoms with Crippen LogP contribution in [0.25, 0.3) is 0 Å². The minimum atomic E-state index is -1.65. The number of nitrogens with zero attached hydrogens (tertiary/aromatic N) is 2. The Morgan fingerprint density at radius 3 is 2.56 bits per heavy atom. The summed E-state index contributed by atoms with van der Waals surface area (Å²) in [6, 6.07) is 15.5. The molecule has 0 aromatic heterocycles. The molecule has 1 saturated heterocycles. The third kappa shape index (κ3) is 4.44. The lowest BCUT2D eigenvalue weighted by Crippen LogP contribution is -2.55. The van der Waals surface area contributed by atoms with Gasteiger partial charge in [-0.3, -0.25) is 9.59 Å². The number of aliphatic hydroxyl groups excluding tert-OH is 1. The first kappa shape index (κ1) is 19.3. The van der Waals surface area contributed by atoms with Crippen molar-refractivity contribution in [2.45, 2.75) is 12.2 Å². The highest BCUT2D eigenvalue weighted by atomic mass is 127. The molecule has 0 bridgehead atoms. The third-order valence-corrected chi connectivity index (χ3v) is 4.82. The maximum absolute atomic E-state index is 12.7. The summed E-state index contributed by atoms with van der Waals surface area (Å²) in [5.41, 5.74) is 1.55. The zero-order chi connectivity index (χ0) is 19.4. The summed E-state index contributed by atoms with van der Waals surface area (Å²) in [5.74, 6) is -1.22. The van der Waals surface area contributed by atoms with Crippen LogP contribution < -0.4 is 10.2 Å². The van der Waals surface area contributed by atoms with E-state index in [0.29, 0.717) is 23.5 Å². The van der Waals surface area contributed by atoms with Crippen molar-refractivity contribution >= 4 is 45.8 Å². The number of carbonyl (C=O) groups excluding carboxylic acids is 2. The van der Waals surface area contributed by atoms with Crippen LogP contribution in [0.15, 0.2) is 48.5 Å². The number of hydrogen-bond acceptors (Lipinski definition) is 5. The summed E-state index contributed by atoms with van der Waals surface area (Å²) in [7, 11) is 0. The Kier molecular flexibility index (Phi) is 6.05. The van der Waals surface area contributed by atoms with Crippen LogP contribution in [0.2, 0.25) is 0 Å². The molecule has 8 heteroatoms. The molecule has 0 spiro atoms. The van der Waals surface area contributed by atoms with Gasteiger partial charge in [0.2, 0.25) is 0 Å². The van der Waals surface area contributed by atoms with E-state index >= 15 is 0 Å². The van der Waals surface area contributed by atoms with E-state index in [1.54, 1.807) is 24.3 Å². The number of nitrogens with one attached hydrogen (secondary N) is 1. The number of nitriles is 1. The van der Waals surface area contributed by atoms with Gasteiger partial charge in [0.25, 0.3) is 11.8 Å². The number of amides is 2. The van der Waals surface area contributed by atoms with Crippen LogP contribution in [0.1, 0.15) is 5.56 Å². The van der Waals surface area contributed by atoms with Crippen molar-refractivity contribution in [3.63, 3.8) is 0 Å². The highest BCUT2D eigenvalue weighted by Gasteiger charge is 2.39. The lowest BCUT2D eigenvalue weighted by molar-refractivity contribution is -0.150. The van der Waals surface area contributed by atoms with Gasteiger partial charge in [-0.1, -0.05) is 0 Å². The predicted molar refractivity (Wildman–Crippen MR) is 107 cm³/mol. The van der Waals surface area contributed by atoms with Crippen LogP contribution in [0, 0.1) is 14.9 Å². The maximum atomic E-state index is 12.7. The summed E-state index contributed by atoms with van der Waals surface area (Å²) in [5, 5.41) is 21.7. The largest absolute Gasteiger partial charge is 0.380 e. The van der Waals surface area contributed by atoms with Gasteiger partial charge in [0.05, 0.1) is 18.2 Å². The van der Waals surface area contributed by atoms with Gasteiger partial charge in [-0.15, -0.1) is 0 Å². The molecule has 2 atom stereocenters. The van der Waals surface area contributed by atoms with Crippen LogP contribution in [0.3, 0.4) is 0 Å². The van der Waals surface area contributed by atoms with Crippen molar-refractivity contribution in [3.05, 3.63) is 57.7 Å². The van der Waals surface area contributed by atoms with Gasteiger partial charge < -0.3 is 20.1 Å². The van der Waals surface area contributed by atoms with Crippen molar-refractivity contribution in [3.8, 4) is 6.07 Å². The van der Waals surface area contributed by atoms with Gasteiger partial charge in [0.15, 0.2) is 12.2 Å². The van der Waals surface area contributed by atoms with E-state index in [2.05, 4.69) is 27.9 Å². The third-order valence-electron chi connectivity index (χ3n) is 4.10. The molecule has 3 rings (SSSR count). The normalized spacial score (nSPS) is 17.9. The number of halogens is 1. The van der Waals surface area contributed by atoms with Gasteiger partial charge in [0.1, 0.15) is 0 Å². The second-order valence-electron chi connectivity index (χ2n) is 5.88. The quantitative estimate of drug-likeness (QED) is 0.656. The van der Waals surface area contributed by atoms with E-state index in [0.717, 1.165) is 3.57 Å². The number of hydrogen-bond donors (Lipinski definition) is 2. The molecule has 2 N–H and O–H groups in total. The number of benzene rings is 2. The predicted octanol–water partition coefficient (Wildman–Crippen LogP) is 1.89. The first-order chi connectivity index (χ1) is 13.0. The number of anilines is 2. The first-order valence-corrected chi connectivity index (χ1v) is 9.25. The molecule has 1 aliphatic rings. The van der Waals surface area contributed by atoms with Crippen molar-refractivity contribution in [2.24, 2.45) is 0 Å². The van der Waals surface area contributed by atoms with Gasteiger partial charge in [-0.05, 0) is 71.1 Å². The van der Waals surface area contributed by atoms with Crippen molar-refractivity contribution in [2.75, 3.05) is 23.4 Å². The molecule has 2 aromatic carbocycles. The lowest BCUT2D eigenvalue weighted by atomic mass is 10.1. The zero-order valence-corrected chi connectivity index (χ0v) is 16.3. The lowest BCUT2D eigenvalue weighted by Gasteiger charge is -2.34. The van der Waals surface area contributed by atoms with E-state index in [-0.39, 0.29) is 6.61 Å². The van der Waals surface area contributed by atoms with E-state index < -0.39 is 24.0 Å². The van der Waals surface area contributed by atoms with Gasteiger partial charge in [-0.25, -0.2) is 0 Å². The standard InChI is InChI=1S/C19H16IN3O4/c20-13-3-7-15(8-4-13)23-9-10-27-17(19(23)26)16(24)18(25)22-14-5-1-12(11-21)2-6-14/h1-8,16-17,24H,9-10H2,(H,22,25)/t16?,17-/m1/s1. The Morgan fingerprint density at radius 2 is 1.93 bits per heavy atom. The number of morpholine rings is 1. The SMILES string of the molecule is N#Cc1ccc(NC(=O)C(O)[C@H]2OCCN(c3ccc(I)cc3)C2=O)cc1. The molecule has 2 aromatic rings. The molecule has 1 fully saturated rings. The second-order valence-corrected chi connectivity index (χ2v) is 7.13. The first-order valence-electron chi connectivity index (χ1n) is 8.17. The molecular formula is C19H16IN3O4. The van der Waals surface area contributed by atoms with Crippen LogP contribution >= 0.6 is 22.6 Å². The van der Waals surface area contributed by atoms with E-state index in [9.17, 15) is 14.7 Å². The molecule has 0 aliphatic carbocycles. The summed E-state index contributed by atoms with van der Waals surface area (Å²) >= 11 is 2.17. The van der Waals surface area contributed by atoms with Crippen LogP contribution in [-0.4, -0.2) is 42.3 Å². The van der Waals surface area contributed by atoms with Gasteiger partial charge in [-0.2, -0.15) is 5.26 Å². The number of rotatable bonds is 4. The monoisotopic (exact) mass is 477 g/mol. The van der Waals surface area contributed by atoms with Crippen molar-refractivity contribution in [1.29, 1.82) is 5.26 Å². The average Bonchev–Trinajstić information content (AvgIpc) is 2.69. The molecule has 2 amide bonds. The minimum absolute atomic E-state index is 0.212. The second kappa shape index (κ2) is 8.47. The molecular weight excluding hydrogens is 461 g/mol. The highest BCUT2D eigenvalue weighted by Crippen LogP contribution is 2.22. The molecule has 1 heterocycles. The molecule has 138 valence electrons.